The third-order valence-corrected chi connectivity index (χ3v) is 7.89. The fourth-order valence-electron chi connectivity index (χ4n) is 6.75. The van der Waals surface area contributed by atoms with Gasteiger partial charge in [-0.2, -0.15) is 0 Å². The van der Waals surface area contributed by atoms with Gasteiger partial charge in [0.2, 0.25) is 0 Å². The van der Waals surface area contributed by atoms with Gasteiger partial charge in [0.25, 0.3) is 0 Å². The second-order valence-electron chi connectivity index (χ2n) is 8.70. The van der Waals surface area contributed by atoms with Crippen LogP contribution in [0.1, 0.15) is 77.0 Å². The second-order valence-corrected chi connectivity index (χ2v) is 8.70. The van der Waals surface area contributed by atoms with Gasteiger partial charge in [-0.25, -0.2) is 0 Å². The molecule has 4 fully saturated rings. The summed E-state index contributed by atoms with van der Waals surface area (Å²) in [6.45, 7) is 0.384. The molecule has 0 aromatic rings. The number of fused-ring (bicyclic) bond motifs is 7. The molecule has 0 radical (unpaired) electrons. The Kier molecular flexibility index (Phi) is 4.31. The SMILES string of the molecule is OCCCCCCCCC1CC[C@@H]2C3C([C@H]4CC[C@@H]34)[C@@H]2C1. The van der Waals surface area contributed by atoms with Gasteiger partial charge in [0.05, 0.1) is 0 Å². The quantitative estimate of drug-likeness (QED) is 0.622. The molecule has 120 valence electrons. The monoisotopic (exact) mass is 290 g/mol. The van der Waals surface area contributed by atoms with Gasteiger partial charge in [-0.15, -0.1) is 0 Å². The third kappa shape index (κ3) is 2.48. The predicted molar refractivity (Wildman–Crippen MR) is 86.9 cm³/mol. The normalized spacial score (nSPS) is 46.4. The van der Waals surface area contributed by atoms with Crippen molar-refractivity contribution < 1.29 is 5.11 Å². The Morgan fingerprint density at radius 2 is 1.19 bits per heavy atom. The maximum Gasteiger partial charge on any atom is 0.0431 e. The van der Waals surface area contributed by atoms with E-state index in [0.717, 1.165) is 12.3 Å². The summed E-state index contributed by atoms with van der Waals surface area (Å²) in [4.78, 5) is 0. The van der Waals surface area contributed by atoms with Crippen LogP contribution in [0.4, 0.5) is 0 Å². The van der Waals surface area contributed by atoms with Crippen molar-refractivity contribution in [2.45, 2.75) is 77.0 Å². The van der Waals surface area contributed by atoms with Crippen LogP contribution in [0.5, 0.6) is 0 Å². The molecule has 1 N–H and O–H groups in total. The molecule has 4 aliphatic carbocycles. The van der Waals surface area contributed by atoms with Crippen LogP contribution in [0.15, 0.2) is 0 Å². The molecule has 7 atom stereocenters. The highest BCUT2D eigenvalue weighted by Crippen LogP contribution is 2.74. The summed E-state index contributed by atoms with van der Waals surface area (Å²) in [6.07, 6.45) is 17.4. The lowest BCUT2D eigenvalue weighted by Crippen LogP contribution is -2.69. The summed E-state index contributed by atoms with van der Waals surface area (Å²) in [7, 11) is 0. The second kappa shape index (κ2) is 6.22. The van der Waals surface area contributed by atoms with Crippen LogP contribution in [0, 0.1) is 41.4 Å². The predicted octanol–water partition coefficient (Wildman–Crippen LogP) is 5.03. The molecular formula is C20H34O. The number of aliphatic hydroxyl groups is 1. The van der Waals surface area contributed by atoms with Crippen molar-refractivity contribution in [2.24, 2.45) is 41.4 Å². The maximum absolute atomic E-state index is 8.77. The molecule has 4 rings (SSSR count). The first-order valence-corrected chi connectivity index (χ1v) is 10.0. The van der Waals surface area contributed by atoms with E-state index in [-0.39, 0.29) is 0 Å². The zero-order valence-corrected chi connectivity index (χ0v) is 13.7. The number of rotatable bonds is 8. The number of aliphatic hydroxyl groups excluding tert-OH is 1. The molecule has 1 heteroatoms. The molecule has 0 aliphatic heterocycles. The topological polar surface area (TPSA) is 20.2 Å². The van der Waals surface area contributed by atoms with Gasteiger partial charge in [0.15, 0.2) is 0 Å². The fourth-order valence-corrected chi connectivity index (χ4v) is 6.75. The lowest BCUT2D eigenvalue weighted by molar-refractivity contribution is -0.264. The average molecular weight is 290 g/mol. The van der Waals surface area contributed by atoms with E-state index >= 15 is 0 Å². The van der Waals surface area contributed by atoms with Crippen LogP contribution >= 0.6 is 0 Å². The Morgan fingerprint density at radius 3 is 1.90 bits per heavy atom. The van der Waals surface area contributed by atoms with Crippen LogP contribution in [0.2, 0.25) is 0 Å². The molecular weight excluding hydrogens is 256 g/mol. The zero-order chi connectivity index (χ0) is 14.2. The summed E-state index contributed by atoms with van der Waals surface area (Å²) in [5, 5.41) is 8.77. The average Bonchev–Trinajstić information content (AvgIpc) is 2.48. The summed E-state index contributed by atoms with van der Waals surface area (Å²) in [6, 6.07) is 0. The van der Waals surface area contributed by atoms with Gasteiger partial charge in [-0.1, -0.05) is 44.9 Å². The van der Waals surface area contributed by atoms with Gasteiger partial charge in [0.1, 0.15) is 0 Å². The Morgan fingerprint density at radius 1 is 0.619 bits per heavy atom. The van der Waals surface area contributed by atoms with Gasteiger partial charge in [0, 0.05) is 6.61 Å². The highest BCUT2D eigenvalue weighted by molar-refractivity contribution is 5.16. The molecule has 1 nitrogen and oxygen atoms in total. The molecule has 4 saturated carbocycles. The van der Waals surface area contributed by atoms with Crippen molar-refractivity contribution in [3.8, 4) is 0 Å². The number of unbranched alkanes of at least 4 members (excludes halogenated alkanes) is 5. The van der Waals surface area contributed by atoms with Crippen molar-refractivity contribution in [1.82, 2.24) is 0 Å². The van der Waals surface area contributed by atoms with E-state index in [0.29, 0.717) is 6.61 Å². The highest BCUT2D eigenvalue weighted by Gasteiger charge is 2.68. The van der Waals surface area contributed by atoms with E-state index in [1.165, 1.54) is 74.0 Å². The summed E-state index contributed by atoms with van der Waals surface area (Å²) >= 11 is 0. The minimum absolute atomic E-state index is 0.384. The maximum atomic E-state index is 8.77. The molecule has 0 saturated heterocycles. The van der Waals surface area contributed by atoms with E-state index in [1.54, 1.807) is 32.1 Å². The smallest absolute Gasteiger partial charge is 0.0431 e. The first-order valence-electron chi connectivity index (χ1n) is 10.0. The van der Waals surface area contributed by atoms with E-state index in [2.05, 4.69) is 0 Å². The molecule has 0 bridgehead atoms. The summed E-state index contributed by atoms with van der Waals surface area (Å²) in [5.74, 6) is 8.32. The van der Waals surface area contributed by atoms with E-state index < -0.39 is 0 Å². The van der Waals surface area contributed by atoms with Crippen molar-refractivity contribution in [2.75, 3.05) is 6.61 Å². The Bertz CT molecular complexity index is 346. The Balaban J connectivity index is 1.11. The fraction of sp³-hybridized carbons (Fsp3) is 1.00. The van der Waals surface area contributed by atoms with Crippen molar-refractivity contribution in [1.29, 1.82) is 0 Å². The summed E-state index contributed by atoms with van der Waals surface area (Å²) in [5.41, 5.74) is 0. The Hall–Kier alpha value is -0.0400. The van der Waals surface area contributed by atoms with Crippen molar-refractivity contribution >= 4 is 0 Å². The lowest BCUT2D eigenvalue weighted by Gasteiger charge is -2.74. The van der Waals surface area contributed by atoms with Gasteiger partial charge < -0.3 is 5.11 Å². The largest absolute Gasteiger partial charge is 0.396 e. The van der Waals surface area contributed by atoms with Gasteiger partial charge in [-0.05, 0) is 73.5 Å². The standard InChI is InChI=1S/C20H34O/c21-12-6-4-2-1-3-5-7-14-8-9-17-18(13-14)20-16-11-10-15(16)19(17)20/h14-21H,1-13H2/t14?,15-,16+,17+,18-,19?,20?/m1/s1. The van der Waals surface area contributed by atoms with Crippen LogP contribution in [0.25, 0.3) is 0 Å². The molecule has 3 unspecified atom stereocenters. The zero-order valence-electron chi connectivity index (χ0n) is 13.7. The van der Waals surface area contributed by atoms with Crippen molar-refractivity contribution in [3.63, 3.8) is 0 Å². The molecule has 0 aromatic carbocycles. The van der Waals surface area contributed by atoms with Gasteiger partial charge in [-0.3, -0.25) is 0 Å². The minimum atomic E-state index is 0.384. The first kappa shape index (κ1) is 14.5. The minimum Gasteiger partial charge on any atom is -0.396 e. The summed E-state index contributed by atoms with van der Waals surface area (Å²) < 4.78 is 0. The van der Waals surface area contributed by atoms with Gasteiger partial charge >= 0.3 is 0 Å². The highest BCUT2D eigenvalue weighted by atomic mass is 16.2. The molecule has 4 aliphatic rings. The Labute approximate surface area is 130 Å². The third-order valence-electron chi connectivity index (χ3n) is 7.89. The lowest BCUT2D eigenvalue weighted by atomic mass is 9.30. The van der Waals surface area contributed by atoms with Crippen LogP contribution in [0.3, 0.4) is 0 Å². The number of hydrogen-bond donors (Lipinski definition) is 1. The molecule has 0 amide bonds. The van der Waals surface area contributed by atoms with E-state index in [9.17, 15) is 0 Å². The molecule has 0 heterocycles. The molecule has 0 spiro atoms. The molecule has 0 aromatic heterocycles. The first-order chi connectivity index (χ1) is 10.4. The number of hydrogen-bond acceptors (Lipinski definition) is 1. The van der Waals surface area contributed by atoms with Crippen LogP contribution in [-0.4, -0.2) is 11.7 Å². The van der Waals surface area contributed by atoms with E-state index in [4.69, 9.17) is 5.11 Å². The van der Waals surface area contributed by atoms with Crippen molar-refractivity contribution in [3.05, 3.63) is 0 Å². The van der Waals surface area contributed by atoms with E-state index in [1.807, 2.05) is 0 Å². The van der Waals surface area contributed by atoms with Crippen LogP contribution in [-0.2, 0) is 0 Å². The van der Waals surface area contributed by atoms with Crippen LogP contribution < -0.4 is 0 Å². The molecule has 21 heavy (non-hydrogen) atoms.